The molecule has 0 aliphatic carbocycles. The number of anilines is 1. The molecule has 0 saturated carbocycles. The van der Waals surface area contributed by atoms with Gasteiger partial charge in [0.1, 0.15) is 12.1 Å². The van der Waals surface area contributed by atoms with Gasteiger partial charge in [0.05, 0.1) is 5.69 Å². The van der Waals surface area contributed by atoms with E-state index in [0.717, 1.165) is 30.0 Å². The molecule has 0 bridgehead atoms. The van der Waals surface area contributed by atoms with Gasteiger partial charge in [-0.1, -0.05) is 24.6 Å². The van der Waals surface area contributed by atoms with E-state index >= 15 is 0 Å². The van der Waals surface area contributed by atoms with Crippen LogP contribution in [-0.2, 0) is 0 Å². The summed E-state index contributed by atoms with van der Waals surface area (Å²) in [5.74, 6) is 0.938. The molecule has 0 aliphatic rings. The van der Waals surface area contributed by atoms with Crippen LogP contribution in [0.4, 0.5) is 5.82 Å². The molecule has 1 N–H and O–H groups in total. The van der Waals surface area contributed by atoms with E-state index in [0.29, 0.717) is 0 Å². The lowest BCUT2D eigenvalue weighted by Crippen LogP contribution is -2.06. The van der Waals surface area contributed by atoms with Crippen molar-refractivity contribution in [2.45, 2.75) is 34.1 Å². The van der Waals surface area contributed by atoms with Crippen LogP contribution in [0.5, 0.6) is 0 Å². The second-order valence-corrected chi connectivity index (χ2v) is 4.94. The predicted molar refractivity (Wildman–Crippen MR) is 80.5 cm³/mol. The second kappa shape index (κ2) is 5.83. The monoisotopic (exact) mass is 255 g/mol. The first kappa shape index (κ1) is 13.5. The van der Waals surface area contributed by atoms with Crippen molar-refractivity contribution in [3.05, 3.63) is 41.2 Å². The molecule has 2 rings (SSSR count). The highest BCUT2D eigenvalue weighted by molar-refractivity contribution is 5.71. The first-order valence-electron chi connectivity index (χ1n) is 6.76. The first-order valence-corrected chi connectivity index (χ1v) is 6.76. The number of nitrogens with zero attached hydrogens (tertiary/aromatic N) is 2. The third kappa shape index (κ3) is 2.92. The van der Waals surface area contributed by atoms with Gasteiger partial charge in [-0.05, 0) is 38.8 Å². The first-order chi connectivity index (χ1) is 9.13. The molecule has 1 heterocycles. The molecule has 0 radical (unpaired) electrons. The maximum atomic E-state index is 4.47. The van der Waals surface area contributed by atoms with Gasteiger partial charge >= 0.3 is 0 Å². The van der Waals surface area contributed by atoms with Gasteiger partial charge in [-0.2, -0.15) is 0 Å². The van der Waals surface area contributed by atoms with Gasteiger partial charge in [0, 0.05) is 17.7 Å². The Morgan fingerprint density at radius 1 is 1.11 bits per heavy atom. The summed E-state index contributed by atoms with van der Waals surface area (Å²) < 4.78 is 0. The Balaban J connectivity index is 2.47. The smallest absolute Gasteiger partial charge is 0.132 e. The van der Waals surface area contributed by atoms with Crippen LogP contribution in [0.2, 0.25) is 0 Å². The number of aryl methyl sites for hydroxylation is 2. The largest absolute Gasteiger partial charge is 0.370 e. The molecular formula is C16H21N3. The summed E-state index contributed by atoms with van der Waals surface area (Å²) in [5, 5.41) is 3.36. The lowest BCUT2D eigenvalue weighted by atomic mass is 10.00. The van der Waals surface area contributed by atoms with Crippen molar-refractivity contribution in [1.82, 2.24) is 9.97 Å². The fourth-order valence-electron chi connectivity index (χ4n) is 2.13. The number of hydrogen-bond acceptors (Lipinski definition) is 3. The number of aromatic nitrogens is 2. The quantitative estimate of drug-likeness (QED) is 0.900. The third-order valence-corrected chi connectivity index (χ3v) is 3.27. The Kier molecular flexibility index (Phi) is 4.15. The Bertz CT molecular complexity index is 576. The molecule has 0 amide bonds. The maximum absolute atomic E-state index is 4.47. The minimum Gasteiger partial charge on any atom is -0.370 e. The zero-order chi connectivity index (χ0) is 13.8. The van der Waals surface area contributed by atoms with Crippen LogP contribution < -0.4 is 5.32 Å². The number of benzene rings is 1. The van der Waals surface area contributed by atoms with Gasteiger partial charge in [-0.25, -0.2) is 9.97 Å². The van der Waals surface area contributed by atoms with Crippen molar-refractivity contribution in [2.24, 2.45) is 0 Å². The molecule has 3 heteroatoms. The molecule has 0 unspecified atom stereocenters. The lowest BCUT2D eigenvalue weighted by Gasteiger charge is -2.13. The molecule has 0 spiro atoms. The Labute approximate surface area is 115 Å². The molecule has 100 valence electrons. The Hall–Kier alpha value is -1.90. The summed E-state index contributed by atoms with van der Waals surface area (Å²) in [7, 11) is 0. The summed E-state index contributed by atoms with van der Waals surface area (Å²) in [6.07, 6.45) is 2.73. The van der Waals surface area contributed by atoms with Gasteiger partial charge in [0.15, 0.2) is 0 Å². The summed E-state index contributed by atoms with van der Waals surface area (Å²) in [6.45, 7) is 9.39. The molecule has 3 nitrogen and oxygen atoms in total. The normalized spacial score (nSPS) is 10.5. The molecule has 0 fully saturated rings. The summed E-state index contributed by atoms with van der Waals surface area (Å²) in [6, 6.07) is 6.46. The molecule has 1 aromatic carbocycles. The lowest BCUT2D eigenvalue weighted by molar-refractivity contribution is 0.960. The predicted octanol–water partition coefficient (Wildman–Crippen LogP) is 3.89. The van der Waals surface area contributed by atoms with E-state index < -0.39 is 0 Å². The van der Waals surface area contributed by atoms with Gasteiger partial charge in [0.25, 0.3) is 0 Å². The topological polar surface area (TPSA) is 37.8 Å². The van der Waals surface area contributed by atoms with Crippen LogP contribution in [0, 0.1) is 20.8 Å². The van der Waals surface area contributed by atoms with Crippen LogP contribution in [0.25, 0.3) is 11.3 Å². The van der Waals surface area contributed by atoms with Crippen molar-refractivity contribution in [3.8, 4) is 11.3 Å². The van der Waals surface area contributed by atoms with Crippen molar-refractivity contribution in [1.29, 1.82) is 0 Å². The highest BCUT2D eigenvalue weighted by atomic mass is 15.0. The van der Waals surface area contributed by atoms with Gasteiger partial charge in [-0.15, -0.1) is 0 Å². The second-order valence-electron chi connectivity index (χ2n) is 4.94. The van der Waals surface area contributed by atoms with E-state index in [1.165, 1.54) is 16.7 Å². The standard InChI is InChI=1S/C16H21N3/c1-5-8-17-16-13(4)15(18-10-19-16)14-9-11(2)6-7-12(14)3/h6-7,9-10H,5,8H2,1-4H3,(H,17,18,19). The van der Waals surface area contributed by atoms with Crippen molar-refractivity contribution < 1.29 is 0 Å². The number of nitrogens with one attached hydrogen (secondary N) is 1. The summed E-state index contributed by atoms with van der Waals surface area (Å²) in [5.41, 5.74) is 5.83. The summed E-state index contributed by atoms with van der Waals surface area (Å²) in [4.78, 5) is 8.80. The van der Waals surface area contributed by atoms with Crippen LogP contribution in [0.3, 0.4) is 0 Å². The van der Waals surface area contributed by atoms with Crippen LogP contribution >= 0.6 is 0 Å². The van der Waals surface area contributed by atoms with Crippen LogP contribution in [-0.4, -0.2) is 16.5 Å². The highest BCUT2D eigenvalue weighted by Crippen LogP contribution is 2.28. The zero-order valence-corrected chi connectivity index (χ0v) is 12.1. The minimum absolute atomic E-state index is 0.935. The van der Waals surface area contributed by atoms with E-state index in [2.05, 4.69) is 61.2 Å². The van der Waals surface area contributed by atoms with Gasteiger partial charge < -0.3 is 5.32 Å². The Morgan fingerprint density at radius 2 is 1.89 bits per heavy atom. The molecule has 0 atom stereocenters. The van der Waals surface area contributed by atoms with E-state index in [1.807, 2.05) is 0 Å². The SMILES string of the molecule is CCCNc1ncnc(-c2cc(C)ccc2C)c1C. The molecule has 2 aromatic rings. The van der Waals surface area contributed by atoms with Crippen molar-refractivity contribution in [2.75, 3.05) is 11.9 Å². The zero-order valence-electron chi connectivity index (χ0n) is 12.1. The Morgan fingerprint density at radius 3 is 2.63 bits per heavy atom. The molecule has 0 aliphatic heterocycles. The van der Waals surface area contributed by atoms with E-state index in [-0.39, 0.29) is 0 Å². The summed E-state index contributed by atoms with van der Waals surface area (Å²) >= 11 is 0. The van der Waals surface area contributed by atoms with Crippen molar-refractivity contribution in [3.63, 3.8) is 0 Å². The van der Waals surface area contributed by atoms with Crippen LogP contribution in [0.1, 0.15) is 30.0 Å². The molecular weight excluding hydrogens is 234 g/mol. The van der Waals surface area contributed by atoms with Gasteiger partial charge in [-0.3, -0.25) is 0 Å². The van der Waals surface area contributed by atoms with Gasteiger partial charge in [0.2, 0.25) is 0 Å². The number of hydrogen-bond donors (Lipinski definition) is 1. The van der Waals surface area contributed by atoms with Crippen molar-refractivity contribution >= 4 is 5.82 Å². The average Bonchev–Trinajstić information content (AvgIpc) is 2.41. The average molecular weight is 255 g/mol. The third-order valence-electron chi connectivity index (χ3n) is 3.27. The van der Waals surface area contributed by atoms with E-state index in [4.69, 9.17) is 0 Å². The number of rotatable bonds is 4. The van der Waals surface area contributed by atoms with Crippen LogP contribution in [0.15, 0.2) is 24.5 Å². The van der Waals surface area contributed by atoms with E-state index in [1.54, 1.807) is 6.33 Å². The highest BCUT2D eigenvalue weighted by Gasteiger charge is 2.10. The minimum atomic E-state index is 0.935. The fraction of sp³-hybridized carbons (Fsp3) is 0.375. The fourth-order valence-corrected chi connectivity index (χ4v) is 2.13. The van der Waals surface area contributed by atoms with E-state index in [9.17, 15) is 0 Å². The molecule has 1 aromatic heterocycles. The molecule has 19 heavy (non-hydrogen) atoms. The molecule has 0 saturated heterocycles. The maximum Gasteiger partial charge on any atom is 0.132 e.